The summed E-state index contributed by atoms with van der Waals surface area (Å²) in [5.74, 6) is 1.92. The molecular weight excluding hydrogens is 420 g/mol. The van der Waals surface area contributed by atoms with Gasteiger partial charge in [-0.3, -0.25) is 15.0 Å². The van der Waals surface area contributed by atoms with Crippen LogP contribution in [0.25, 0.3) is 11.0 Å². The highest BCUT2D eigenvalue weighted by molar-refractivity contribution is 6.04. The number of urea groups is 1. The first kappa shape index (κ1) is 21.0. The summed E-state index contributed by atoms with van der Waals surface area (Å²) >= 11 is 0. The van der Waals surface area contributed by atoms with Gasteiger partial charge in [0.05, 0.1) is 24.1 Å². The lowest BCUT2D eigenvalue weighted by Crippen LogP contribution is -2.64. The Hall–Kier alpha value is -3.88. The van der Waals surface area contributed by atoms with Crippen molar-refractivity contribution in [1.82, 2.24) is 25.1 Å². The number of aromatic amines is 1. The van der Waals surface area contributed by atoms with E-state index in [1.54, 1.807) is 4.90 Å². The molecular formula is C24H26N6O3. The van der Waals surface area contributed by atoms with Gasteiger partial charge in [0.15, 0.2) is 12.2 Å². The number of fused-ring (bicyclic) bond motifs is 2. The van der Waals surface area contributed by atoms with E-state index in [1.807, 2.05) is 67.3 Å². The molecule has 3 aromatic rings. The summed E-state index contributed by atoms with van der Waals surface area (Å²) in [7, 11) is 0. The fourth-order valence-electron chi connectivity index (χ4n) is 4.49. The third-order valence-electron chi connectivity index (χ3n) is 5.99. The molecule has 3 amide bonds. The number of imidazole rings is 1. The number of nitrogens with zero attached hydrogens (tertiary/aromatic N) is 4. The van der Waals surface area contributed by atoms with E-state index in [4.69, 9.17) is 14.7 Å². The number of imide groups is 1. The molecule has 2 aromatic carbocycles. The van der Waals surface area contributed by atoms with Gasteiger partial charge in [0, 0.05) is 19.2 Å². The standard InChI is InChI=1S/C24H26N6O3/c1-3-29-22-21(23(31)28-24(29)32)30(14-15-8-6-5-7-9-15)20(27-22)13-19-25-17-11-10-16(33-4-2)12-18(17)26-19/h5-12,21-22H,3-4,13-14H2,1-2H3,(H,25,26)(H,28,31,32). The van der Waals surface area contributed by atoms with Crippen molar-refractivity contribution < 1.29 is 14.3 Å². The molecule has 0 bridgehead atoms. The number of benzene rings is 2. The van der Waals surface area contributed by atoms with E-state index < -0.39 is 18.2 Å². The molecule has 2 aliphatic rings. The molecule has 170 valence electrons. The molecule has 1 saturated heterocycles. The van der Waals surface area contributed by atoms with Crippen molar-refractivity contribution in [3.8, 4) is 5.75 Å². The topological polar surface area (TPSA) is 103 Å². The minimum atomic E-state index is -0.577. The number of hydrogen-bond acceptors (Lipinski definition) is 6. The zero-order chi connectivity index (χ0) is 22.9. The maximum Gasteiger partial charge on any atom is 0.325 e. The predicted octanol–water partition coefficient (Wildman–Crippen LogP) is 2.68. The van der Waals surface area contributed by atoms with E-state index in [1.165, 1.54) is 0 Å². The van der Waals surface area contributed by atoms with Gasteiger partial charge in [-0.15, -0.1) is 0 Å². The van der Waals surface area contributed by atoms with E-state index in [9.17, 15) is 9.59 Å². The third kappa shape index (κ3) is 3.90. The van der Waals surface area contributed by atoms with Gasteiger partial charge in [0.1, 0.15) is 17.4 Å². The van der Waals surface area contributed by atoms with Crippen molar-refractivity contribution in [2.24, 2.45) is 4.99 Å². The number of hydrogen-bond donors (Lipinski definition) is 2. The van der Waals surface area contributed by atoms with E-state index in [0.29, 0.717) is 26.1 Å². The average Bonchev–Trinajstić information content (AvgIpc) is 3.36. The van der Waals surface area contributed by atoms with Crippen LogP contribution in [0.2, 0.25) is 0 Å². The number of likely N-dealkylation sites (N-methyl/N-ethyl adjacent to an activating group) is 1. The summed E-state index contributed by atoms with van der Waals surface area (Å²) in [5.41, 5.74) is 2.77. The van der Waals surface area contributed by atoms with E-state index in [0.717, 1.165) is 34.0 Å². The molecule has 0 radical (unpaired) electrons. The second-order valence-corrected chi connectivity index (χ2v) is 8.07. The first-order valence-corrected chi connectivity index (χ1v) is 11.2. The SMILES string of the molecule is CCOc1ccc2nc(CC3=NC4C(C(=O)NC(=O)N4CC)N3Cc3ccccc3)[nH]c2c1. The van der Waals surface area contributed by atoms with Crippen LogP contribution in [0.3, 0.4) is 0 Å². The highest BCUT2D eigenvalue weighted by Gasteiger charge is 2.49. The van der Waals surface area contributed by atoms with Crippen molar-refractivity contribution in [2.75, 3.05) is 13.2 Å². The molecule has 0 spiro atoms. The largest absolute Gasteiger partial charge is 0.494 e. The zero-order valence-electron chi connectivity index (χ0n) is 18.6. The third-order valence-corrected chi connectivity index (χ3v) is 5.99. The number of aromatic nitrogens is 2. The molecule has 1 fully saturated rings. The monoisotopic (exact) mass is 446 g/mol. The lowest BCUT2D eigenvalue weighted by atomic mass is 10.1. The van der Waals surface area contributed by atoms with Crippen molar-refractivity contribution in [3.05, 3.63) is 59.9 Å². The van der Waals surface area contributed by atoms with Crippen molar-refractivity contribution in [3.63, 3.8) is 0 Å². The van der Waals surface area contributed by atoms with Crippen LogP contribution in [0.1, 0.15) is 25.2 Å². The maximum absolute atomic E-state index is 12.9. The molecule has 9 nitrogen and oxygen atoms in total. The van der Waals surface area contributed by atoms with Gasteiger partial charge in [0.25, 0.3) is 5.91 Å². The summed E-state index contributed by atoms with van der Waals surface area (Å²) in [6, 6.07) is 14.7. The van der Waals surface area contributed by atoms with Crippen molar-refractivity contribution in [1.29, 1.82) is 0 Å². The molecule has 5 rings (SSSR count). The van der Waals surface area contributed by atoms with Crippen molar-refractivity contribution >= 4 is 28.8 Å². The van der Waals surface area contributed by atoms with Gasteiger partial charge in [-0.05, 0) is 31.5 Å². The number of nitrogens with one attached hydrogen (secondary N) is 2. The Bertz CT molecular complexity index is 1220. The number of H-pyrrole nitrogens is 1. The second-order valence-electron chi connectivity index (χ2n) is 8.07. The molecule has 2 N–H and O–H groups in total. The van der Waals surface area contributed by atoms with Gasteiger partial charge in [0.2, 0.25) is 0 Å². The van der Waals surface area contributed by atoms with Crippen LogP contribution in [0.5, 0.6) is 5.75 Å². The summed E-state index contributed by atoms with van der Waals surface area (Å²) in [6.07, 6.45) is -0.138. The summed E-state index contributed by atoms with van der Waals surface area (Å²) < 4.78 is 5.59. The Balaban J connectivity index is 1.48. The summed E-state index contributed by atoms with van der Waals surface area (Å²) in [4.78, 5) is 41.8. The fourth-order valence-corrected chi connectivity index (χ4v) is 4.49. The average molecular weight is 447 g/mol. The Morgan fingerprint density at radius 3 is 2.64 bits per heavy atom. The maximum atomic E-state index is 12.9. The normalized spacial score (nSPS) is 20.1. The lowest BCUT2D eigenvalue weighted by Gasteiger charge is -2.37. The van der Waals surface area contributed by atoms with E-state index in [-0.39, 0.29) is 5.91 Å². The molecule has 9 heteroatoms. The van der Waals surface area contributed by atoms with Crippen LogP contribution in [0.15, 0.2) is 53.5 Å². The van der Waals surface area contributed by atoms with Gasteiger partial charge >= 0.3 is 6.03 Å². The number of carbonyl (C=O) groups is 2. The number of carbonyl (C=O) groups excluding carboxylic acids is 2. The molecule has 2 unspecified atom stereocenters. The molecule has 2 atom stereocenters. The van der Waals surface area contributed by atoms with Crippen LogP contribution in [-0.2, 0) is 17.8 Å². The second kappa shape index (κ2) is 8.57. The lowest BCUT2D eigenvalue weighted by molar-refractivity contribution is -0.127. The highest BCUT2D eigenvalue weighted by atomic mass is 16.5. The fraction of sp³-hybridized carbons (Fsp3) is 0.333. The Labute approximate surface area is 191 Å². The zero-order valence-corrected chi connectivity index (χ0v) is 18.6. The molecule has 2 aliphatic heterocycles. The Morgan fingerprint density at radius 2 is 1.88 bits per heavy atom. The summed E-state index contributed by atoms with van der Waals surface area (Å²) in [5, 5.41) is 2.49. The van der Waals surface area contributed by atoms with E-state index >= 15 is 0 Å². The smallest absolute Gasteiger partial charge is 0.325 e. The van der Waals surface area contributed by atoms with Crippen LogP contribution in [0, 0.1) is 0 Å². The molecule has 1 aromatic heterocycles. The minimum Gasteiger partial charge on any atom is -0.494 e. The number of aliphatic imine (C=N–C) groups is 1. The first-order valence-electron chi connectivity index (χ1n) is 11.2. The summed E-state index contributed by atoms with van der Waals surface area (Å²) in [6.45, 7) is 5.39. The van der Waals surface area contributed by atoms with E-state index in [2.05, 4.69) is 10.3 Å². The predicted molar refractivity (Wildman–Crippen MR) is 124 cm³/mol. The quantitative estimate of drug-likeness (QED) is 0.581. The van der Waals surface area contributed by atoms with Gasteiger partial charge in [-0.1, -0.05) is 30.3 Å². The number of amidine groups is 1. The van der Waals surface area contributed by atoms with Gasteiger partial charge in [-0.2, -0.15) is 0 Å². The Kier molecular flexibility index (Phi) is 5.45. The first-order chi connectivity index (χ1) is 16.1. The van der Waals surface area contributed by atoms with Crippen molar-refractivity contribution in [2.45, 2.75) is 39.0 Å². The minimum absolute atomic E-state index is 0.324. The molecule has 0 saturated carbocycles. The molecule has 0 aliphatic carbocycles. The van der Waals surface area contributed by atoms with Crippen LogP contribution < -0.4 is 10.1 Å². The number of rotatable bonds is 7. The van der Waals surface area contributed by atoms with Crippen LogP contribution in [0.4, 0.5) is 4.79 Å². The molecule has 3 heterocycles. The highest BCUT2D eigenvalue weighted by Crippen LogP contribution is 2.28. The Morgan fingerprint density at radius 1 is 1.06 bits per heavy atom. The molecule has 33 heavy (non-hydrogen) atoms. The number of amides is 3. The number of ether oxygens (including phenoxy) is 1. The van der Waals surface area contributed by atoms with Crippen LogP contribution in [-0.4, -0.2) is 62.9 Å². The van der Waals surface area contributed by atoms with Crippen LogP contribution >= 0.6 is 0 Å². The van der Waals surface area contributed by atoms with Gasteiger partial charge in [-0.25, -0.2) is 14.8 Å². The van der Waals surface area contributed by atoms with Gasteiger partial charge < -0.3 is 14.6 Å².